The third-order valence-corrected chi connectivity index (χ3v) is 2.78. The van der Waals surface area contributed by atoms with Gasteiger partial charge in [0.15, 0.2) is 5.78 Å². The molecule has 0 aliphatic carbocycles. The third kappa shape index (κ3) is 2.81. The molecule has 0 aromatic heterocycles. The van der Waals surface area contributed by atoms with Crippen LogP contribution >= 0.6 is 9.24 Å². The second kappa shape index (κ2) is 5.42. The number of Topliss-reactive ketones (excluding diaryl/α,β-unsaturated/α-hetero) is 1. The van der Waals surface area contributed by atoms with Gasteiger partial charge in [0.1, 0.15) is 5.75 Å². The Morgan fingerprint density at radius 2 is 2.19 bits per heavy atom. The molecule has 0 saturated carbocycles. The SMILES string of the molecule is CCOc1cc(C(C)=O)cc(P)c1C(C)O. The summed E-state index contributed by atoms with van der Waals surface area (Å²) in [6.45, 7) is 5.57. The zero-order valence-corrected chi connectivity index (χ0v) is 10.9. The number of ether oxygens (including phenoxy) is 1. The summed E-state index contributed by atoms with van der Waals surface area (Å²) < 4.78 is 5.44. The molecule has 0 radical (unpaired) electrons. The molecule has 0 saturated heterocycles. The van der Waals surface area contributed by atoms with Crippen LogP contribution in [0.5, 0.6) is 5.75 Å². The molecule has 4 heteroatoms. The van der Waals surface area contributed by atoms with Gasteiger partial charge in [0, 0.05) is 11.1 Å². The molecule has 1 rings (SSSR count). The molecule has 2 atom stereocenters. The van der Waals surface area contributed by atoms with E-state index in [0.29, 0.717) is 17.9 Å². The van der Waals surface area contributed by atoms with Gasteiger partial charge in [-0.3, -0.25) is 4.79 Å². The highest BCUT2D eigenvalue weighted by molar-refractivity contribution is 7.27. The monoisotopic (exact) mass is 240 g/mol. The molecule has 88 valence electrons. The van der Waals surface area contributed by atoms with Gasteiger partial charge in [0.25, 0.3) is 0 Å². The Balaban J connectivity index is 3.33. The zero-order valence-electron chi connectivity index (χ0n) is 9.78. The molecule has 0 spiro atoms. The van der Waals surface area contributed by atoms with E-state index in [1.165, 1.54) is 6.92 Å². The van der Waals surface area contributed by atoms with Crippen molar-refractivity contribution in [3.05, 3.63) is 23.3 Å². The van der Waals surface area contributed by atoms with Crippen LogP contribution in [0.25, 0.3) is 0 Å². The molecule has 1 aromatic rings. The van der Waals surface area contributed by atoms with Gasteiger partial charge in [-0.05, 0) is 38.2 Å². The lowest BCUT2D eigenvalue weighted by Crippen LogP contribution is -2.12. The van der Waals surface area contributed by atoms with Crippen molar-refractivity contribution < 1.29 is 14.6 Å². The predicted octanol–water partition coefficient (Wildman–Crippen LogP) is 1.84. The normalized spacial score (nSPS) is 12.3. The molecule has 2 unspecified atom stereocenters. The average molecular weight is 240 g/mol. The molecule has 16 heavy (non-hydrogen) atoms. The van der Waals surface area contributed by atoms with Gasteiger partial charge in [0.2, 0.25) is 0 Å². The number of hydrogen-bond donors (Lipinski definition) is 1. The summed E-state index contributed by atoms with van der Waals surface area (Å²) in [6, 6.07) is 3.43. The van der Waals surface area contributed by atoms with Crippen LogP contribution in [0.3, 0.4) is 0 Å². The summed E-state index contributed by atoms with van der Waals surface area (Å²) >= 11 is 0. The molecular formula is C12H17O3P. The Kier molecular flexibility index (Phi) is 4.45. The molecule has 0 aliphatic heterocycles. The van der Waals surface area contributed by atoms with E-state index in [9.17, 15) is 9.90 Å². The molecule has 0 fully saturated rings. The van der Waals surface area contributed by atoms with Crippen molar-refractivity contribution in [3.8, 4) is 5.75 Å². The summed E-state index contributed by atoms with van der Waals surface area (Å²) in [7, 11) is 2.53. The van der Waals surface area contributed by atoms with E-state index in [0.717, 1.165) is 10.9 Å². The smallest absolute Gasteiger partial charge is 0.159 e. The van der Waals surface area contributed by atoms with Crippen LogP contribution in [0.1, 0.15) is 42.8 Å². The first-order valence-electron chi connectivity index (χ1n) is 5.22. The Hall–Kier alpha value is -0.920. The number of carbonyl (C=O) groups is 1. The highest BCUT2D eigenvalue weighted by Gasteiger charge is 2.15. The van der Waals surface area contributed by atoms with Gasteiger partial charge in [-0.25, -0.2) is 0 Å². The first-order valence-corrected chi connectivity index (χ1v) is 5.80. The summed E-state index contributed by atoms with van der Waals surface area (Å²) in [4.78, 5) is 11.3. The lowest BCUT2D eigenvalue weighted by molar-refractivity contribution is 0.101. The Morgan fingerprint density at radius 1 is 1.56 bits per heavy atom. The maximum absolute atomic E-state index is 11.3. The number of rotatable bonds is 4. The van der Waals surface area contributed by atoms with Crippen molar-refractivity contribution in [2.45, 2.75) is 26.9 Å². The highest BCUT2D eigenvalue weighted by atomic mass is 31.0. The van der Waals surface area contributed by atoms with E-state index in [2.05, 4.69) is 9.24 Å². The number of hydrogen-bond acceptors (Lipinski definition) is 3. The fourth-order valence-electron chi connectivity index (χ4n) is 1.57. The van der Waals surface area contributed by atoms with Crippen LogP contribution in [0.2, 0.25) is 0 Å². The van der Waals surface area contributed by atoms with Gasteiger partial charge < -0.3 is 9.84 Å². The standard InChI is InChI=1S/C12H17O3P/c1-4-15-10-5-9(7(2)13)6-11(16)12(10)8(3)14/h5-6,8,14H,4,16H2,1-3H3. The maximum atomic E-state index is 11.3. The number of aliphatic hydroxyl groups excluding tert-OH is 1. The van der Waals surface area contributed by atoms with E-state index in [1.54, 1.807) is 19.1 Å². The van der Waals surface area contributed by atoms with E-state index in [4.69, 9.17) is 4.74 Å². The molecule has 0 heterocycles. The van der Waals surface area contributed by atoms with Crippen molar-refractivity contribution in [2.24, 2.45) is 0 Å². The van der Waals surface area contributed by atoms with Crippen molar-refractivity contribution in [2.75, 3.05) is 6.61 Å². The number of benzene rings is 1. The topological polar surface area (TPSA) is 46.5 Å². The third-order valence-electron chi connectivity index (χ3n) is 2.30. The van der Waals surface area contributed by atoms with Crippen LogP contribution in [0.4, 0.5) is 0 Å². The Bertz CT molecular complexity index is 399. The maximum Gasteiger partial charge on any atom is 0.159 e. The largest absolute Gasteiger partial charge is 0.493 e. The molecule has 0 aliphatic rings. The molecule has 1 aromatic carbocycles. The Labute approximate surface area is 98.0 Å². The van der Waals surface area contributed by atoms with Gasteiger partial charge in [-0.2, -0.15) is 0 Å². The molecule has 3 nitrogen and oxygen atoms in total. The first kappa shape index (κ1) is 13.1. The van der Waals surface area contributed by atoms with Crippen LogP contribution < -0.4 is 10.0 Å². The molecule has 1 N–H and O–H groups in total. The lowest BCUT2D eigenvalue weighted by Gasteiger charge is -2.16. The van der Waals surface area contributed by atoms with E-state index in [1.807, 2.05) is 6.92 Å². The predicted molar refractivity (Wildman–Crippen MR) is 67.6 cm³/mol. The van der Waals surface area contributed by atoms with E-state index >= 15 is 0 Å². The van der Waals surface area contributed by atoms with Gasteiger partial charge >= 0.3 is 0 Å². The van der Waals surface area contributed by atoms with Gasteiger partial charge in [0.05, 0.1) is 12.7 Å². The second-order valence-corrected chi connectivity index (χ2v) is 4.26. The van der Waals surface area contributed by atoms with Crippen LogP contribution in [0, 0.1) is 0 Å². The zero-order chi connectivity index (χ0) is 12.3. The quantitative estimate of drug-likeness (QED) is 0.645. The number of carbonyl (C=O) groups excluding carboxylic acids is 1. The number of ketones is 1. The van der Waals surface area contributed by atoms with Gasteiger partial charge in [-0.1, -0.05) is 0 Å². The van der Waals surface area contributed by atoms with Gasteiger partial charge in [-0.15, -0.1) is 9.24 Å². The number of aliphatic hydroxyl groups is 1. The van der Waals surface area contributed by atoms with Crippen molar-refractivity contribution >= 4 is 20.3 Å². The van der Waals surface area contributed by atoms with Crippen LogP contribution in [-0.4, -0.2) is 17.5 Å². The fraction of sp³-hybridized carbons (Fsp3) is 0.417. The average Bonchev–Trinajstić information content (AvgIpc) is 2.16. The molecule has 0 bridgehead atoms. The van der Waals surface area contributed by atoms with Crippen molar-refractivity contribution in [1.82, 2.24) is 0 Å². The van der Waals surface area contributed by atoms with Crippen LogP contribution in [0.15, 0.2) is 12.1 Å². The van der Waals surface area contributed by atoms with Crippen LogP contribution in [-0.2, 0) is 0 Å². The van der Waals surface area contributed by atoms with Crippen molar-refractivity contribution in [3.63, 3.8) is 0 Å². The minimum atomic E-state index is -0.616. The minimum absolute atomic E-state index is 0.0122. The van der Waals surface area contributed by atoms with E-state index < -0.39 is 6.10 Å². The summed E-state index contributed by atoms with van der Waals surface area (Å²) in [5, 5.41) is 10.5. The van der Waals surface area contributed by atoms with E-state index in [-0.39, 0.29) is 5.78 Å². The van der Waals surface area contributed by atoms with Crippen molar-refractivity contribution in [1.29, 1.82) is 0 Å². The minimum Gasteiger partial charge on any atom is -0.493 e. The lowest BCUT2D eigenvalue weighted by atomic mass is 10.0. The summed E-state index contributed by atoms with van der Waals surface area (Å²) in [5.74, 6) is 0.567. The summed E-state index contributed by atoms with van der Waals surface area (Å²) in [6.07, 6.45) is -0.616. The second-order valence-electron chi connectivity index (χ2n) is 3.64. The summed E-state index contributed by atoms with van der Waals surface area (Å²) in [5.41, 5.74) is 1.31. The Morgan fingerprint density at radius 3 is 2.62 bits per heavy atom. The molecular weight excluding hydrogens is 223 g/mol. The highest BCUT2D eigenvalue weighted by Crippen LogP contribution is 2.26. The molecule has 0 amide bonds. The first-order chi connectivity index (χ1) is 7.47. The fourth-order valence-corrected chi connectivity index (χ4v) is 2.14.